The zero-order valence-electron chi connectivity index (χ0n) is 20.4. The van der Waals surface area contributed by atoms with Crippen molar-refractivity contribution in [1.82, 2.24) is 13.9 Å². The van der Waals surface area contributed by atoms with Gasteiger partial charge in [0.25, 0.3) is 10.0 Å². The molecule has 0 spiro atoms. The van der Waals surface area contributed by atoms with Crippen molar-refractivity contribution < 1.29 is 23.1 Å². The maximum absolute atomic E-state index is 13.2. The predicted octanol–water partition coefficient (Wildman–Crippen LogP) is 2.46. The molecule has 11 heteroatoms. The highest BCUT2D eigenvalue weighted by Crippen LogP contribution is 2.45. The monoisotopic (exact) mass is 513 g/mol. The Bertz CT molecular complexity index is 1380. The van der Waals surface area contributed by atoms with Crippen LogP contribution in [0.2, 0.25) is 0 Å². The van der Waals surface area contributed by atoms with Crippen LogP contribution in [0, 0.1) is 5.92 Å². The lowest BCUT2D eigenvalue weighted by atomic mass is 9.96. The summed E-state index contributed by atoms with van der Waals surface area (Å²) < 4.78 is 33.8. The summed E-state index contributed by atoms with van der Waals surface area (Å²) in [5.74, 6) is -0.416. The zero-order valence-corrected chi connectivity index (χ0v) is 21.2. The van der Waals surface area contributed by atoms with Crippen molar-refractivity contribution in [3.05, 3.63) is 48.4 Å². The summed E-state index contributed by atoms with van der Waals surface area (Å²) >= 11 is 0. The fraction of sp³-hybridized carbons (Fsp3) is 0.440. The molecule has 10 nitrogen and oxygen atoms in total. The highest BCUT2D eigenvalue weighted by atomic mass is 32.2. The quantitative estimate of drug-likeness (QED) is 0.445. The second-order valence-electron chi connectivity index (χ2n) is 9.36. The van der Waals surface area contributed by atoms with Gasteiger partial charge in [-0.25, -0.2) is 13.4 Å². The molecule has 0 saturated carbocycles. The van der Waals surface area contributed by atoms with Crippen LogP contribution in [0.3, 0.4) is 0 Å². The number of nitrogens with zero attached hydrogens (tertiary/aromatic N) is 4. The van der Waals surface area contributed by atoms with Gasteiger partial charge in [0.15, 0.2) is 11.3 Å². The molecule has 1 amide bonds. The lowest BCUT2D eigenvalue weighted by Gasteiger charge is -2.30. The van der Waals surface area contributed by atoms with Crippen LogP contribution >= 0.6 is 0 Å². The lowest BCUT2D eigenvalue weighted by Crippen LogP contribution is -2.41. The Balaban J connectivity index is 1.29. The highest BCUT2D eigenvalue weighted by molar-refractivity contribution is 7.89. The summed E-state index contributed by atoms with van der Waals surface area (Å²) in [5.41, 5.74) is 2.45. The minimum Gasteiger partial charge on any atom is -0.385 e. The average molecular weight is 514 g/mol. The number of benzene rings is 2. The molecule has 0 bridgehead atoms. The van der Waals surface area contributed by atoms with Crippen molar-refractivity contribution in [3.63, 3.8) is 0 Å². The van der Waals surface area contributed by atoms with Gasteiger partial charge in [-0.15, -0.1) is 0 Å². The van der Waals surface area contributed by atoms with Gasteiger partial charge in [0.1, 0.15) is 0 Å². The molecule has 1 unspecified atom stereocenters. The molecule has 2 aromatic carbocycles. The molecule has 1 aromatic heterocycles. The average Bonchev–Trinajstić information content (AvgIpc) is 3.44. The smallest absolute Gasteiger partial charge is 0.262 e. The van der Waals surface area contributed by atoms with Crippen molar-refractivity contribution in [2.75, 3.05) is 43.6 Å². The van der Waals surface area contributed by atoms with E-state index in [1.807, 2.05) is 35.2 Å². The molecule has 1 fully saturated rings. The van der Waals surface area contributed by atoms with Crippen molar-refractivity contribution in [3.8, 4) is 0 Å². The fourth-order valence-corrected chi connectivity index (χ4v) is 6.58. The summed E-state index contributed by atoms with van der Waals surface area (Å²) in [4.78, 5) is 19.1. The molecule has 2 N–H and O–H groups in total. The van der Waals surface area contributed by atoms with E-state index in [9.17, 15) is 18.3 Å². The van der Waals surface area contributed by atoms with Gasteiger partial charge in [-0.05, 0) is 31.4 Å². The number of amides is 1. The SMILES string of the molecule is COCCCN1c2ccc(NC(=O)C3CCN(S(=O)(=O)c4cn(C)cn4)CC3)c3cccc(c23)C1O. The number of hydrogen-bond donors (Lipinski definition) is 2. The van der Waals surface area contributed by atoms with E-state index < -0.39 is 16.3 Å². The number of hydrogen-bond acceptors (Lipinski definition) is 7. The van der Waals surface area contributed by atoms with Gasteiger partial charge in [-0.2, -0.15) is 4.31 Å². The van der Waals surface area contributed by atoms with E-state index in [1.165, 1.54) is 16.8 Å². The number of aryl methyl sites for hydroxylation is 1. The summed E-state index contributed by atoms with van der Waals surface area (Å²) in [7, 11) is -0.281. The first-order valence-electron chi connectivity index (χ1n) is 12.1. The van der Waals surface area contributed by atoms with E-state index in [2.05, 4.69) is 10.3 Å². The van der Waals surface area contributed by atoms with Crippen LogP contribution in [0.5, 0.6) is 0 Å². The second kappa shape index (κ2) is 9.81. The largest absolute Gasteiger partial charge is 0.385 e. The summed E-state index contributed by atoms with van der Waals surface area (Å²) in [6, 6.07) is 9.56. The highest BCUT2D eigenvalue weighted by Gasteiger charge is 2.34. The van der Waals surface area contributed by atoms with Crippen LogP contribution in [0.1, 0.15) is 31.1 Å². The summed E-state index contributed by atoms with van der Waals surface area (Å²) in [6.07, 6.45) is 3.87. The first-order valence-corrected chi connectivity index (χ1v) is 13.5. The molecule has 1 atom stereocenters. The third-order valence-electron chi connectivity index (χ3n) is 7.05. The van der Waals surface area contributed by atoms with Crippen LogP contribution < -0.4 is 10.2 Å². The fourth-order valence-electron chi connectivity index (χ4n) is 5.15. The van der Waals surface area contributed by atoms with Crippen molar-refractivity contribution in [1.29, 1.82) is 0 Å². The number of aliphatic hydroxyl groups excluding tert-OH is 1. The van der Waals surface area contributed by atoms with Gasteiger partial charge < -0.3 is 24.6 Å². The maximum Gasteiger partial charge on any atom is 0.262 e. The molecule has 2 aliphatic heterocycles. The number of ether oxygens (including phenoxy) is 1. The number of anilines is 2. The number of aromatic nitrogens is 2. The Kier molecular flexibility index (Phi) is 6.73. The molecular weight excluding hydrogens is 482 g/mol. The predicted molar refractivity (Wildman–Crippen MR) is 136 cm³/mol. The standard InChI is InChI=1S/C25H31N5O5S/c1-28-15-22(26-16-28)36(33,34)29-12-9-17(10-13-29)24(31)27-20-7-8-21-23-18(20)5-3-6-19(23)25(32)30(21)11-4-14-35-2/h3,5-8,15-17,25,32H,4,9-14H2,1-2H3,(H,27,31). The minimum absolute atomic E-state index is 0.0271. The number of methoxy groups -OCH3 is 1. The lowest BCUT2D eigenvalue weighted by molar-refractivity contribution is -0.120. The molecule has 0 radical (unpaired) electrons. The minimum atomic E-state index is -3.67. The van der Waals surface area contributed by atoms with Crippen LogP contribution in [0.4, 0.5) is 11.4 Å². The number of aliphatic hydroxyl groups is 1. The van der Waals surface area contributed by atoms with E-state index in [4.69, 9.17) is 4.74 Å². The van der Waals surface area contributed by atoms with Gasteiger partial charge in [0, 0.05) is 80.2 Å². The van der Waals surface area contributed by atoms with Crippen LogP contribution in [-0.2, 0) is 26.6 Å². The second-order valence-corrected chi connectivity index (χ2v) is 11.2. The van der Waals surface area contributed by atoms with Gasteiger partial charge in [0.05, 0.1) is 6.33 Å². The van der Waals surface area contributed by atoms with Gasteiger partial charge in [0.2, 0.25) is 5.91 Å². The Morgan fingerprint density at radius 3 is 2.69 bits per heavy atom. The van der Waals surface area contributed by atoms with E-state index >= 15 is 0 Å². The Hall–Kier alpha value is -2.99. The molecule has 1 saturated heterocycles. The van der Waals surface area contributed by atoms with Gasteiger partial charge >= 0.3 is 0 Å². The molecule has 3 heterocycles. The molecule has 0 aliphatic carbocycles. The Morgan fingerprint density at radius 1 is 1.22 bits per heavy atom. The van der Waals surface area contributed by atoms with Gasteiger partial charge in [-0.1, -0.05) is 18.2 Å². The molecule has 3 aromatic rings. The van der Waals surface area contributed by atoms with Crippen LogP contribution in [0.15, 0.2) is 47.9 Å². The molecular formula is C25H31N5O5S. The third-order valence-corrected chi connectivity index (χ3v) is 8.83. The molecule has 36 heavy (non-hydrogen) atoms. The Morgan fingerprint density at radius 2 is 2.00 bits per heavy atom. The van der Waals surface area contributed by atoms with Crippen molar-refractivity contribution >= 4 is 38.1 Å². The first-order chi connectivity index (χ1) is 17.3. The third kappa shape index (κ3) is 4.36. The van der Waals surface area contributed by atoms with Crippen LogP contribution in [0.25, 0.3) is 10.8 Å². The number of carbonyl (C=O) groups excluding carboxylic acids is 1. The maximum atomic E-state index is 13.2. The molecule has 192 valence electrons. The number of nitrogens with one attached hydrogen (secondary N) is 1. The van der Waals surface area contributed by atoms with E-state index in [1.54, 1.807) is 18.7 Å². The summed E-state index contributed by atoms with van der Waals surface area (Å²) in [6.45, 7) is 1.80. The van der Waals surface area contributed by atoms with Crippen LogP contribution in [-0.4, -0.2) is 66.6 Å². The zero-order chi connectivity index (χ0) is 25.4. The van der Waals surface area contributed by atoms with Gasteiger partial charge in [-0.3, -0.25) is 4.79 Å². The topological polar surface area (TPSA) is 117 Å². The number of sulfonamides is 1. The number of piperidine rings is 1. The Labute approximate surface area is 210 Å². The normalized spacial score (nSPS) is 18.8. The first kappa shape index (κ1) is 24.7. The van der Waals surface area contributed by atoms with Crippen molar-refractivity contribution in [2.24, 2.45) is 13.0 Å². The summed E-state index contributed by atoms with van der Waals surface area (Å²) in [5, 5.41) is 15.8. The van der Waals surface area contributed by atoms with E-state index in [0.717, 1.165) is 28.4 Å². The molecule has 5 rings (SSSR count). The number of imidazole rings is 1. The number of carbonyl (C=O) groups is 1. The molecule has 2 aliphatic rings. The number of rotatable bonds is 8. The van der Waals surface area contributed by atoms with Crippen molar-refractivity contribution in [2.45, 2.75) is 30.5 Å². The van der Waals surface area contributed by atoms with E-state index in [-0.39, 0.29) is 29.9 Å². The van der Waals surface area contributed by atoms with E-state index in [0.29, 0.717) is 31.7 Å².